The van der Waals surface area contributed by atoms with Gasteiger partial charge in [0.05, 0.1) is 12.4 Å². The van der Waals surface area contributed by atoms with Crippen LogP contribution in [0.5, 0.6) is 0 Å². The first-order valence-corrected chi connectivity index (χ1v) is 8.07. The lowest BCUT2D eigenvalue weighted by atomic mass is 10.2. The highest BCUT2D eigenvalue weighted by atomic mass is 32.2. The van der Waals surface area contributed by atoms with Crippen molar-refractivity contribution in [1.29, 1.82) is 0 Å². The highest BCUT2D eigenvalue weighted by Crippen LogP contribution is 2.09. The SMILES string of the molecule is CC(C)COC(=O)N1CCN(S(=O)(=O)CCN)CC1. The molecule has 8 heteroatoms. The molecule has 7 nitrogen and oxygen atoms in total. The minimum Gasteiger partial charge on any atom is -0.449 e. The maximum absolute atomic E-state index is 11.8. The Morgan fingerprint density at radius 2 is 1.84 bits per heavy atom. The maximum Gasteiger partial charge on any atom is 0.409 e. The molecule has 0 saturated carbocycles. The van der Waals surface area contributed by atoms with E-state index in [0.29, 0.717) is 32.8 Å². The van der Waals surface area contributed by atoms with Gasteiger partial charge >= 0.3 is 6.09 Å². The molecule has 0 aromatic rings. The van der Waals surface area contributed by atoms with Crippen molar-refractivity contribution in [1.82, 2.24) is 9.21 Å². The quantitative estimate of drug-likeness (QED) is 0.750. The third-order valence-electron chi connectivity index (χ3n) is 2.81. The Balaban J connectivity index is 2.42. The normalized spacial score (nSPS) is 17.8. The molecule has 1 aliphatic rings. The van der Waals surface area contributed by atoms with Crippen molar-refractivity contribution in [2.24, 2.45) is 11.7 Å². The zero-order valence-electron chi connectivity index (χ0n) is 11.5. The molecule has 0 radical (unpaired) electrons. The van der Waals surface area contributed by atoms with Crippen LogP contribution in [-0.4, -0.2) is 68.8 Å². The second-order valence-electron chi connectivity index (χ2n) is 4.96. The maximum atomic E-state index is 11.8. The van der Waals surface area contributed by atoms with E-state index in [1.807, 2.05) is 13.8 Å². The average Bonchev–Trinajstić information content (AvgIpc) is 2.36. The lowest BCUT2D eigenvalue weighted by Crippen LogP contribution is -2.51. The first-order chi connectivity index (χ1) is 8.86. The fourth-order valence-electron chi connectivity index (χ4n) is 1.76. The Labute approximate surface area is 114 Å². The second kappa shape index (κ2) is 7.06. The fourth-order valence-corrected chi connectivity index (χ4v) is 3.03. The molecule has 0 aromatic heterocycles. The predicted octanol–water partition coefficient (Wildman–Crippen LogP) is -0.315. The molecule has 1 saturated heterocycles. The smallest absolute Gasteiger partial charge is 0.409 e. The van der Waals surface area contributed by atoms with Gasteiger partial charge in [0.1, 0.15) is 0 Å². The van der Waals surface area contributed by atoms with Gasteiger partial charge in [-0.1, -0.05) is 13.8 Å². The van der Waals surface area contributed by atoms with Gasteiger partial charge in [-0.2, -0.15) is 4.31 Å². The molecule has 0 aliphatic carbocycles. The van der Waals surface area contributed by atoms with Crippen LogP contribution in [0.25, 0.3) is 0 Å². The molecule has 112 valence electrons. The van der Waals surface area contributed by atoms with Crippen LogP contribution < -0.4 is 5.73 Å². The summed E-state index contributed by atoms with van der Waals surface area (Å²) < 4.78 is 30.1. The number of ether oxygens (including phenoxy) is 1. The second-order valence-corrected chi connectivity index (χ2v) is 7.05. The summed E-state index contributed by atoms with van der Waals surface area (Å²) in [4.78, 5) is 13.2. The number of hydrogen-bond donors (Lipinski definition) is 1. The average molecular weight is 293 g/mol. The van der Waals surface area contributed by atoms with E-state index in [-0.39, 0.29) is 24.3 Å². The molecule has 0 atom stereocenters. The topological polar surface area (TPSA) is 92.9 Å². The number of hydrogen-bond acceptors (Lipinski definition) is 5. The van der Waals surface area contributed by atoms with Crippen LogP contribution in [0.2, 0.25) is 0 Å². The van der Waals surface area contributed by atoms with Crippen LogP contribution in [0.15, 0.2) is 0 Å². The molecule has 0 bridgehead atoms. The molecule has 1 rings (SSSR count). The van der Waals surface area contributed by atoms with Crippen LogP contribution in [-0.2, 0) is 14.8 Å². The van der Waals surface area contributed by atoms with Gasteiger partial charge in [-0.3, -0.25) is 0 Å². The summed E-state index contributed by atoms with van der Waals surface area (Å²) in [5.74, 6) is 0.236. The van der Waals surface area contributed by atoms with Crippen molar-refractivity contribution in [3.63, 3.8) is 0 Å². The van der Waals surface area contributed by atoms with Crippen LogP contribution in [0.3, 0.4) is 0 Å². The summed E-state index contributed by atoms with van der Waals surface area (Å²) >= 11 is 0. The Kier molecular flexibility index (Phi) is 6.02. The van der Waals surface area contributed by atoms with E-state index >= 15 is 0 Å². The monoisotopic (exact) mass is 293 g/mol. The van der Waals surface area contributed by atoms with Gasteiger partial charge in [-0.15, -0.1) is 0 Å². The van der Waals surface area contributed by atoms with Crippen LogP contribution in [0.1, 0.15) is 13.8 Å². The van der Waals surface area contributed by atoms with Gasteiger partial charge in [0.2, 0.25) is 10.0 Å². The number of amides is 1. The van der Waals surface area contributed by atoms with Gasteiger partial charge in [-0.25, -0.2) is 13.2 Å². The van der Waals surface area contributed by atoms with E-state index in [1.54, 1.807) is 0 Å². The van der Waals surface area contributed by atoms with E-state index in [0.717, 1.165) is 0 Å². The lowest BCUT2D eigenvalue weighted by molar-refractivity contribution is 0.0805. The van der Waals surface area contributed by atoms with E-state index in [1.165, 1.54) is 9.21 Å². The molecule has 0 aromatic carbocycles. The van der Waals surface area contributed by atoms with Crippen molar-refractivity contribution in [2.45, 2.75) is 13.8 Å². The molecule has 1 heterocycles. The minimum atomic E-state index is -3.28. The third kappa shape index (κ3) is 4.96. The summed E-state index contributed by atoms with van der Waals surface area (Å²) in [6.45, 7) is 5.75. The number of rotatable bonds is 5. The standard InChI is InChI=1S/C11H23N3O4S/c1-10(2)9-18-11(15)13-4-6-14(7-5-13)19(16,17)8-3-12/h10H,3-9,12H2,1-2H3. The van der Waals surface area contributed by atoms with Crippen molar-refractivity contribution < 1.29 is 17.9 Å². The van der Waals surface area contributed by atoms with Gasteiger partial charge in [-0.05, 0) is 5.92 Å². The molecule has 0 spiro atoms. The molecule has 1 amide bonds. The zero-order chi connectivity index (χ0) is 14.5. The summed E-state index contributed by atoms with van der Waals surface area (Å²) in [5, 5.41) is 0. The number of carbonyl (C=O) groups is 1. The van der Waals surface area contributed by atoms with Crippen LogP contribution >= 0.6 is 0 Å². The summed E-state index contributed by atoms with van der Waals surface area (Å²) in [6.07, 6.45) is -0.371. The third-order valence-corrected chi connectivity index (χ3v) is 4.71. The molecule has 0 unspecified atom stereocenters. The van der Waals surface area contributed by atoms with E-state index < -0.39 is 10.0 Å². The number of sulfonamides is 1. The molecular weight excluding hydrogens is 270 g/mol. The fraction of sp³-hybridized carbons (Fsp3) is 0.909. The summed E-state index contributed by atoms with van der Waals surface area (Å²) in [5.41, 5.74) is 5.27. The number of nitrogens with two attached hydrogens (primary N) is 1. The Morgan fingerprint density at radius 1 is 1.26 bits per heavy atom. The molecule has 1 fully saturated rings. The minimum absolute atomic E-state index is 0.0508. The van der Waals surface area contributed by atoms with Crippen molar-refractivity contribution in [3.8, 4) is 0 Å². The van der Waals surface area contributed by atoms with Gasteiger partial charge < -0.3 is 15.4 Å². The predicted molar refractivity (Wildman–Crippen MR) is 72.2 cm³/mol. The molecule has 2 N–H and O–H groups in total. The Bertz CT molecular complexity index is 389. The van der Waals surface area contributed by atoms with Crippen molar-refractivity contribution in [3.05, 3.63) is 0 Å². The van der Waals surface area contributed by atoms with Gasteiger partial charge in [0.15, 0.2) is 0 Å². The van der Waals surface area contributed by atoms with E-state index in [4.69, 9.17) is 10.5 Å². The first kappa shape index (κ1) is 16.2. The number of carbonyl (C=O) groups excluding carboxylic acids is 1. The first-order valence-electron chi connectivity index (χ1n) is 6.46. The molecule has 1 aliphatic heterocycles. The Morgan fingerprint density at radius 3 is 2.32 bits per heavy atom. The molecular formula is C11H23N3O4S. The highest BCUT2D eigenvalue weighted by molar-refractivity contribution is 7.89. The zero-order valence-corrected chi connectivity index (χ0v) is 12.4. The van der Waals surface area contributed by atoms with Crippen molar-refractivity contribution in [2.75, 3.05) is 45.1 Å². The van der Waals surface area contributed by atoms with Gasteiger partial charge in [0.25, 0.3) is 0 Å². The largest absolute Gasteiger partial charge is 0.449 e. The van der Waals surface area contributed by atoms with Gasteiger partial charge in [0, 0.05) is 32.7 Å². The van der Waals surface area contributed by atoms with Crippen LogP contribution in [0.4, 0.5) is 4.79 Å². The highest BCUT2D eigenvalue weighted by Gasteiger charge is 2.28. The summed E-state index contributed by atoms with van der Waals surface area (Å²) in [7, 11) is -3.28. The van der Waals surface area contributed by atoms with Crippen molar-refractivity contribution >= 4 is 16.1 Å². The Hall–Kier alpha value is -0.860. The number of nitrogens with zero attached hydrogens (tertiary/aromatic N) is 2. The number of piperazine rings is 1. The summed E-state index contributed by atoms with van der Waals surface area (Å²) in [6, 6.07) is 0. The van der Waals surface area contributed by atoms with E-state index in [2.05, 4.69) is 0 Å². The van der Waals surface area contributed by atoms with E-state index in [9.17, 15) is 13.2 Å². The van der Waals surface area contributed by atoms with Crippen LogP contribution in [0, 0.1) is 5.92 Å². The lowest BCUT2D eigenvalue weighted by Gasteiger charge is -2.33. The molecule has 19 heavy (non-hydrogen) atoms.